The lowest BCUT2D eigenvalue weighted by Crippen LogP contribution is -2.51. The summed E-state index contributed by atoms with van der Waals surface area (Å²) in [5.74, 6) is 0.393. The van der Waals surface area contributed by atoms with E-state index in [2.05, 4.69) is 41.4 Å². The number of nitrogens with one attached hydrogen (secondary N) is 1. The first-order valence-corrected chi connectivity index (χ1v) is 7.78. The van der Waals surface area contributed by atoms with Crippen molar-refractivity contribution in [2.24, 2.45) is 11.7 Å². The Morgan fingerprint density at radius 2 is 2.19 bits per heavy atom. The number of amides is 1. The quantitative estimate of drug-likeness (QED) is 0.841. The maximum absolute atomic E-state index is 11.5. The van der Waals surface area contributed by atoms with E-state index >= 15 is 0 Å². The minimum Gasteiger partial charge on any atom is -0.371 e. The molecule has 0 aliphatic carbocycles. The van der Waals surface area contributed by atoms with Crippen molar-refractivity contribution < 1.29 is 4.79 Å². The van der Waals surface area contributed by atoms with E-state index in [1.165, 1.54) is 11.3 Å². The number of rotatable bonds is 6. The zero-order chi connectivity index (χ0) is 15.5. The maximum atomic E-state index is 11.5. The Bertz CT molecular complexity index is 503. The van der Waals surface area contributed by atoms with Gasteiger partial charge in [0.25, 0.3) is 0 Å². The van der Waals surface area contributed by atoms with Gasteiger partial charge in [0.1, 0.15) is 0 Å². The van der Waals surface area contributed by atoms with Crippen molar-refractivity contribution in [1.82, 2.24) is 5.32 Å². The number of carbonyl (C=O) groups excluding carboxylic acids is 1. The largest absolute Gasteiger partial charge is 0.371 e. The summed E-state index contributed by atoms with van der Waals surface area (Å²) in [5.41, 5.74) is 7.65. The number of carbonyl (C=O) groups is 1. The Kier molecular flexibility index (Phi) is 4.88. The molecule has 1 amide bonds. The highest BCUT2D eigenvalue weighted by atomic mass is 16.1. The van der Waals surface area contributed by atoms with Gasteiger partial charge in [-0.3, -0.25) is 4.79 Å². The van der Waals surface area contributed by atoms with Crippen LogP contribution in [0.2, 0.25) is 0 Å². The molecular weight excluding hydrogens is 262 g/mol. The normalized spacial score (nSPS) is 20.7. The van der Waals surface area contributed by atoms with Crippen LogP contribution in [0, 0.1) is 5.92 Å². The minimum absolute atomic E-state index is 0.280. The van der Waals surface area contributed by atoms with Gasteiger partial charge in [-0.15, -0.1) is 0 Å². The monoisotopic (exact) mass is 289 g/mol. The van der Waals surface area contributed by atoms with Crippen molar-refractivity contribution >= 4 is 11.6 Å². The van der Waals surface area contributed by atoms with E-state index in [0.717, 1.165) is 32.4 Å². The Balaban J connectivity index is 1.99. The lowest BCUT2D eigenvalue weighted by Gasteiger charge is -2.35. The van der Waals surface area contributed by atoms with Crippen LogP contribution in [0.4, 0.5) is 5.69 Å². The highest BCUT2D eigenvalue weighted by Gasteiger charge is 2.29. The zero-order valence-corrected chi connectivity index (χ0v) is 13.4. The molecule has 1 aliphatic rings. The fourth-order valence-corrected chi connectivity index (χ4v) is 3.11. The average molecular weight is 289 g/mol. The van der Waals surface area contributed by atoms with Crippen LogP contribution in [-0.2, 0) is 11.2 Å². The summed E-state index contributed by atoms with van der Waals surface area (Å²) in [4.78, 5) is 14.0. The Labute approximate surface area is 127 Å². The molecular formula is C17H27N3O. The standard InChI is InChI=1S/C17H27N3O/c1-13-11-14-7-4-5-8-15(14)20(12-13)10-6-9-17(2,19-3)16(18)21/h4-5,7-8,13,19H,6,9-12H2,1-3H3,(H2,18,21). The fourth-order valence-electron chi connectivity index (χ4n) is 3.11. The summed E-state index contributed by atoms with van der Waals surface area (Å²) in [6.45, 7) is 6.22. The van der Waals surface area contributed by atoms with Gasteiger partial charge < -0.3 is 16.0 Å². The van der Waals surface area contributed by atoms with Crippen LogP contribution < -0.4 is 16.0 Å². The van der Waals surface area contributed by atoms with Gasteiger partial charge in [0.15, 0.2) is 0 Å². The smallest absolute Gasteiger partial charge is 0.237 e. The number of para-hydroxylation sites is 1. The van der Waals surface area contributed by atoms with Crippen molar-refractivity contribution in [3.05, 3.63) is 29.8 Å². The number of hydrogen-bond acceptors (Lipinski definition) is 3. The van der Waals surface area contributed by atoms with Crippen LogP contribution in [0.5, 0.6) is 0 Å². The van der Waals surface area contributed by atoms with Crippen LogP contribution in [0.1, 0.15) is 32.3 Å². The van der Waals surface area contributed by atoms with Crippen LogP contribution in [0.25, 0.3) is 0 Å². The first-order chi connectivity index (χ1) is 9.96. The van der Waals surface area contributed by atoms with Crippen LogP contribution in [0.3, 0.4) is 0 Å². The molecule has 2 rings (SSSR count). The van der Waals surface area contributed by atoms with Crippen molar-refractivity contribution in [2.45, 2.75) is 38.6 Å². The molecule has 21 heavy (non-hydrogen) atoms. The van der Waals surface area contributed by atoms with Crippen molar-refractivity contribution in [1.29, 1.82) is 0 Å². The number of nitrogens with zero attached hydrogens (tertiary/aromatic N) is 1. The third-order valence-electron chi connectivity index (χ3n) is 4.63. The Morgan fingerprint density at radius 3 is 2.86 bits per heavy atom. The van der Waals surface area contributed by atoms with E-state index in [0.29, 0.717) is 5.92 Å². The second-order valence-corrected chi connectivity index (χ2v) is 6.43. The molecule has 0 bridgehead atoms. The van der Waals surface area contributed by atoms with Crippen molar-refractivity contribution in [3.8, 4) is 0 Å². The van der Waals surface area contributed by atoms with Gasteiger partial charge in [-0.2, -0.15) is 0 Å². The van der Waals surface area contributed by atoms with Crippen LogP contribution >= 0.6 is 0 Å². The van der Waals surface area contributed by atoms with E-state index in [1.807, 2.05) is 6.92 Å². The molecule has 116 valence electrons. The molecule has 1 aromatic rings. The SMILES string of the molecule is CNC(C)(CCCN1CC(C)Cc2ccccc21)C(N)=O. The van der Waals surface area contributed by atoms with Crippen molar-refractivity contribution in [2.75, 3.05) is 25.0 Å². The van der Waals surface area contributed by atoms with Crippen molar-refractivity contribution in [3.63, 3.8) is 0 Å². The average Bonchev–Trinajstić information content (AvgIpc) is 2.46. The summed E-state index contributed by atoms with van der Waals surface area (Å²) in [6, 6.07) is 8.63. The fraction of sp³-hybridized carbons (Fsp3) is 0.588. The second-order valence-electron chi connectivity index (χ2n) is 6.43. The van der Waals surface area contributed by atoms with Gasteiger partial charge in [-0.1, -0.05) is 25.1 Å². The third kappa shape index (κ3) is 3.56. The number of nitrogens with two attached hydrogens (primary N) is 1. The van der Waals surface area contributed by atoms with Crippen LogP contribution in [-0.4, -0.2) is 31.6 Å². The number of hydrogen-bond donors (Lipinski definition) is 2. The van der Waals surface area contributed by atoms with E-state index in [1.54, 1.807) is 7.05 Å². The number of anilines is 1. The predicted octanol–water partition coefficient (Wildman–Crippen LogP) is 1.93. The molecule has 1 aromatic carbocycles. The summed E-state index contributed by atoms with van der Waals surface area (Å²) in [7, 11) is 1.79. The lowest BCUT2D eigenvalue weighted by molar-refractivity contribution is -0.123. The topological polar surface area (TPSA) is 58.4 Å². The van der Waals surface area contributed by atoms with Gasteiger partial charge in [0.2, 0.25) is 5.91 Å². The highest BCUT2D eigenvalue weighted by Crippen LogP contribution is 2.29. The summed E-state index contributed by atoms with van der Waals surface area (Å²) in [5, 5.41) is 3.05. The second kappa shape index (κ2) is 6.48. The van der Waals surface area contributed by atoms with E-state index < -0.39 is 5.54 Å². The van der Waals surface area contributed by atoms with E-state index in [-0.39, 0.29) is 5.91 Å². The number of benzene rings is 1. The summed E-state index contributed by atoms with van der Waals surface area (Å²) >= 11 is 0. The lowest BCUT2D eigenvalue weighted by atomic mass is 9.92. The molecule has 0 saturated carbocycles. The first kappa shape index (κ1) is 15.8. The van der Waals surface area contributed by atoms with E-state index in [4.69, 9.17) is 5.73 Å². The van der Waals surface area contributed by atoms with Gasteiger partial charge in [-0.05, 0) is 50.8 Å². The van der Waals surface area contributed by atoms with Gasteiger partial charge in [0, 0.05) is 18.8 Å². The Hall–Kier alpha value is -1.55. The third-order valence-corrected chi connectivity index (χ3v) is 4.63. The van der Waals surface area contributed by atoms with Crippen LogP contribution in [0.15, 0.2) is 24.3 Å². The summed E-state index contributed by atoms with van der Waals surface area (Å²) < 4.78 is 0. The number of likely N-dealkylation sites (N-methyl/N-ethyl adjacent to an activating group) is 1. The van der Waals surface area contributed by atoms with Gasteiger partial charge in [0.05, 0.1) is 5.54 Å². The molecule has 0 fully saturated rings. The molecule has 0 spiro atoms. The predicted molar refractivity (Wildman–Crippen MR) is 87.4 cm³/mol. The molecule has 2 unspecified atom stereocenters. The Morgan fingerprint density at radius 1 is 1.48 bits per heavy atom. The van der Waals surface area contributed by atoms with Gasteiger partial charge in [-0.25, -0.2) is 0 Å². The number of fused-ring (bicyclic) bond motifs is 1. The minimum atomic E-state index is -0.610. The first-order valence-electron chi connectivity index (χ1n) is 7.78. The zero-order valence-electron chi connectivity index (χ0n) is 13.4. The highest BCUT2D eigenvalue weighted by molar-refractivity contribution is 5.84. The molecule has 0 aromatic heterocycles. The van der Waals surface area contributed by atoms with E-state index in [9.17, 15) is 4.79 Å². The molecule has 1 heterocycles. The molecule has 0 saturated heterocycles. The molecule has 4 heteroatoms. The molecule has 3 N–H and O–H groups in total. The molecule has 4 nitrogen and oxygen atoms in total. The molecule has 1 aliphatic heterocycles. The number of primary amides is 1. The maximum Gasteiger partial charge on any atom is 0.237 e. The van der Waals surface area contributed by atoms with Gasteiger partial charge >= 0.3 is 0 Å². The molecule has 2 atom stereocenters. The summed E-state index contributed by atoms with van der Waals surface area (Å²) in [6.07, 6.45) is 2.86. The molecule has 0 radical (unpaired) electrons.